The summed E-state index contributed by atoms with van der Waals surface area (Å²) in [6.45, 7) is 2.22. The number of likely N-dealkylation sites (N-methyl/N-ethyl adjacent to an activating group) is 1. The van der Waals surface area contributed by atoms with Gasteiger partial charge in [0, 0.05) is 13.6 Å². The third kappa shape index (κ3) is 5.26. The molecule has 0 aliphatic rings. The van der Waals surface area contributed by atoms with Crippen LogP contribution in [0.4, 0.5) is 0 Å². The van der Waals surface area contributed by atoms with Crippen LogP contribution in [0.5, 0.6) is 0 Å². The number of nitrogens with zero attached hydrogens (tertiary/aromatic N) is 4. The molecule has 1 aromatic carbocycles. The molecule has 0 saturated heterocycles. The van der Waals surface area contributed by atoms with Gasteiger partial charge in [0.25, 0.3) is 0 Å². The summed E-state index contributed by atoms with van der Waals surface area (Å²) in [5.41, 5.74) is 0.609. The van der Waals surface area contributed by atoms with E-state index in [0.717, 1.165) is 10.6 Å². The van der Waals surface area contributed by atoms with Crippen LogP contribution in [-0.2, 0) is 21.4 Å². The van der Waals surface area contributed by atoms with Gasteiger partial charge in [-0.2, -0.15) is 4.31 Å². The number of hydrogen-bond donors (Lipinski definition) is 0. The van der Waals surface area contributed by atoms with Crippen LogP contribution < -0.4 is 0 Å². The lowest BCUT2D eigenvalue weighted by Gasteiger charge is -2.23. The van der Waals surface area contributed by atoms with Crippen molar-refractivity contribution < 1.29 is 17.6 Å². The third-order valence-electron chi connectivity index (χ3n) is 3.67. The van der Waals surface area contributed by atoms with Crippen LogP contribution in [0, 0.1) is 0 Å². The number of sulfonamides is 1. The lowest BCUT2D eigenvalue weighted by molar-refractivity contribution is -0.132. The number of carbonyl (C=O) groups is 1. The third-order valence-corrected chi connectivity index (χ3v) is 5.26. The Kier molecular flexibility index (Phi) is 6.74. The average molecular weight is 401 g/mol. The Morgan fingerprint density at radius 3 is 2.58 bits per heavy atom. The molecular weight excluding hydrogens is 380 g/mol. The van der Waals surface area contributed by atoms with E-state index in [1.54, 1.807) is 24.3 Å². The Labute approximate surface area is 157 Å². The Bertz CT molecular complexity index is 869. The molecular formula is C16H21ClN4O4S. The van der Waals surface area contributed by atoms with Crippen LogP contribution in [0.25, 0.3) is 11.5 Å². The zero-order valence-corrected chi connectivity index (χ0v) is 16.4. The first kappa shape index (κ1) is 20.3. The van der Waals surface area contributed by atoms with Gasteiger partial charge in [-0.3, -0.25) is 4.79 Å². The second kappa shape index (κ2) is 8.61. The Hall–Kier alpha value is -1.97. The molecule has 0 saturated carbocycles. The SMILES string of the molecule is CCCN(Cc1nnc(-c2ccccc2Cl)o1)C(=O)CN(C)S(C)(=O)=O. The van der Waals surface area contributed by atoms with E-state index in [1.165, 1.54) is 11.9 Å². The van der Waals surface area contributed by atoms with Crippen molar-refractivity contribution in [3.63, 3.8) is 0 Å². The van der Waals surface area contributed by atoms with Crippen LogP contribution in [0.3, 0.4) is 0 Å². The van der Waals surface area contributed by atoms with Gasteiger partial charge in [0.15, 0.2) is 0 Å². The lowest BCUT2D eigenvalue weighted by Crippen LogP contribution is -2.40. The largest absolute Gasteiger partial charge is 0.419 e. The molecule has 10 heteroatoms. The van der Waals surface area contributed by atoms with Crippen molar-refractivity contribution in [1.29, 1.82) is 0 Å². The average Bonchev–Trinajstić information content (AvgIpc) is 3.02. The maximum atomic E-state index is 12.4. The van der Waals surface area contributed by atoms with Gasteiger partial charge in [0.05, 0.1) is 29.9 Å². The number of benzene rings is 1. The summed E-state index contributed by atoms with van der Waals surface area (Å²) in [4.78, 5) is 13.9. The van der Waals surface area contributed by atoms with Crippen molar-refractivity contribution in [2.45, 2.75) is 19.9 Å². The number of aromatic nitrogens is 2. The molecule has 0 radical (unpaired) electrons. The Balaban J connectivity index is 2.13. The molecule has 0 unspecified atom stereocenters. The van der Waals surface area contributed by atoms with Crippen molar-refractivity contribution in [2.24, 2.45) is 0 Å². The van der Waals surface area contributed by atoms with E-state index in [4.69, 9.17) is 16.0 Å². The van der Waals surface area contributed by atoms with Gasteiger partial charge < -0.3 is 9.32 Å². The molecule has 0 fully saturated rings. The van der Waals surface area contributed by atoms with Crippen LogP contribution >= 0.6 is 11.6 Å². The molecule has 1 heterocycles. The number of halogens is 1. The fourth-order valence-electron chi connectivity index (χ4n) is 2.19. The molecule has 0 bridgehead atoms. The molecule has 1 amide bonds. The predicted octanol–water partition coefficient (Wildman–Crippen LogP) is 2.02. The highest BCUT2D eigenvalue weighted by molar-refractivity contribution is 7.88. The van der Waals surface area contributed by atoms with Crippen LogP contribution in [0.2, 0.25) is 5.02 Å². The molecule has 2 aromatic rings. The Morgan fingerprint density at radius 1 is 1.27 bits per heavy atom. The van der Waals surface area contributed by atoms with Crippen LogP contribution in [0.15, 0.2) is 28.7 Å². The number of rotatable bonds is 8. The van der Waals surface area contributed by atoms with Gasteiger partial charge in [-0.15, -0.1) is 10.2 Å². The van der Waals surface area contributed by atoms with Gasteiger partial charge >= 0.3 is 0 Å². The maximum Gasteiger partial charge on any atom is 0.249 e. The fraction of sp³-hybridized carbons (Fsp3) is 0.438. The zero-order valence-electron chi connectivity index (χ0n) is 14.8. The van der Waals surface area contributed by atoms with Crippen LogP contribution in [0.1, 0.15) is 19.2 Å². The molecule has 0 spiro atoms. The lowest BCUT2D eigenvalue weighted by atomic mass is 10.2. The van der Waals surface area contributed by atoms with Gasteiger partial charge in [-0.25, -0.2) is 8.42 Å². The molecule has 2 rings (SSSR count). The van der Waals surface area contributed by atoms with Crippen molar-refractivity contribution in [3.05, 3.63) is 35.2 Å². The molecule has 0 aliphatic heterocycles. The summed E-state index contributed by atoms with van der Waals surface area (Å²) in [7, 11) is -2.08. The second-order valence-corrected chi connectivity index (χ2v) is 8.31. The minimum atomic E-state index is -3.44. The number of hydrogen-bond acceptors (Lipinski definition) is 6. The molecule has 0 aliphatic carbocycles. The summed E-state index contributed by atoms with van der Waals surface area (Å²) in [6.07, 6.45) is 1.76. The minimum Gasteiger partial charge on any atom is -0.419 e. The van der Waals surface area contributed by atoms with E-state index in [1.807, 2.05) is 6.92 Å². The van der Waals surface area contributed by atoms with Crippen LogP contribution in [-0.4, -0.2) is 60.1 Å². The molecule has 1 aromatic heterocycles. The highest BCUT2D eigenvalue weighted by Gasteiger charge is 2.22. The van der Waals surface area contributed by atoms with E-state index >= 15 is 0 Å². The maximum absolute atomic E-state index is 12.4. The van der Waals surface area contributed by atoms with E-state index in [0.29, 0.717) is 23.6 Å². The highest BCUT2D eigenvalue weighted by atomic mass is 35.5. The molecule has 0 N–H and O–H groups in total. The summed E-state index contributed by atoms with van der Waals surface area (Å²) in [6, 6.07) is 7.08. The first-order chi connectivity index (χ1) is 12.2. The molecule has 142 valence electrons. The van der Waals surface area contributed by atoms with E-state index < -0.39 is 10.0 Å². The predicted molar refractivity (Wildman–Crippen MR) is 97.9 cm³/mol. The molecule has 8 nitrogen and oxygen atoms in total. The van der Waals surface area contributed by atoms with Crippen molar-refractivity contribution in [3.8, 4) is 11.5 Å². The summed E-state index contributed by atoms with van der Waals surface area (Å²) < 4.78 is 29.6. The van der Waals surface area contributed by atoms with Crippen molar-refractivity contribution >= 4 is 27.5 Å². The summed E-state index contributed by atoms with van der Waals surface area (Å²) in [5, 5.41) is 8.42. The monoisotopic (exact) mass is 400 g/mol. The van der Waals surface area contributed by atoms with E-state index in [2.05, 4.69) is 10.2 Å². The molecule has 0 atom stereocenters. The minimum absolute atomic E-state index is 0.0989. The van der Waals surface area contributed by atoms with Gasteiger partial charge in [0.2, 0.25) is 27.7 Å². The zero-order chi connectivity index (χ0) is 19.3. The first-order valence-electron chi connectivity index (χ1n) is 7.98. The highest BCUT2D eigenvalue weighted by Crippen LogP contribution is 2.26. The van der Waals surface area contributed by atoms with Crippen molar-refractivity contribution in [1.82, 2.24) is 19.4 Å². The fourth-order valence-corrected chi connectivity index (χ4v) is 2.76. The van der Waals surface area contributed by atoms with Gasteiger partial charge in [-0.1, -0.05) is 30.7 Å². The summed E-state index contributed by atoms with van der Waals surface area (Å²) >= 11 is 6.12. The summed E-state index contributed by atoms with van der Waals surface area (Å²) in [5.74, 6) is 0.184. The standard InChI is InChI=1S/C16H21ClN4O4S/c1-4-9-21(15(22)11-20(2)26(3,23)24)10-14-18-19-16(25-14)12-7-5-6-8-13(12)17/h5-8H,4,9-11H2,1-3H3. The number of amides is 1. The normalized spacial score (nSPS) is 11.7. The van der Waals surface area contributed by atoms with E-state index in [9.17, 15) is 13.2 Å². The molecule has 26 heavy (non-hydrogen) atoms. The number of carbonyl (C=O) groups excluding carboxylic acids is 1. The Morgan fingerprint density at radius 2 is 1.96 bits per heavy atom. The van der Waals surface area contributed by atoms with Crippen molar-refractivity contribution in [2.75, 3.05) is 26.4 Å². The topological polar surface area (TPSA) is 96.6 Å². The second-order valence-electron chi connectivity index (χ2n) is 5.82. The smallest absolute Gasteiger partial charge is 0.249 e. The quantitative estimate of drug-likeness (QED) is 0.672. The van der Waals surface area contributed by atoms with Gasteiger partial charge in [-0.05, 0) is 18.6 Å². The van der Waals surface area contributed by atoms with Gasteiger partial charge in [0.1, 0.15) is 0 Å². The first-order valence-corrected chi connectivity index (χ1v) is 10.2. The van der Waals surface area contributed by atoms with E-state index in [-0.39, 0.29) is 30.8 Å².